The Morgan fingerprint density at radius 2 is 2.17 bits per heavy atom. The van der Waals surface area contributed by atoms with E-state index >= 15 is 0 Å². The van der Waals surface area contributed by atoms with Crippen molar-refractivity contribution in [1.82, 2.24) is 15.2 Å². The van der Waals surface area contributed by atoms with Crippen molar-refractivity contribution in [3.63, 3.8) is 0 Å². The minimum atomic E-state index is 0.418. The average molecular weight is 265 g/mol. The van der Waals surface area contributed by atoms with Crippen LogP contribution in [0.15, 0.2) is 29.5 Å². The van der Waals surface area contributed by atoms with Gasteiger partial charge in [0.1, 0.15) is 0 Å². The minimum Gasteiger partial charge on any atom is -0.369 e. The maximum absolute atomic E-state index is 5.75. The summed E-state index contributed by atoms with van der Waals surface area (Å²) in [7, 11) is 1.87. The van der Waals surface area contributed by atoms with Gasteiger partial charge in [-0.05, 0) is 43.3 Å². The predicted molar refractivity (Wildman–Crippen MR) is 78.5 cm³/mol. The molecule has 6 heteroatoms. The molecular weight excluding hydrogens is 246 g/mol. The highest BCUT2D eigenvalue weighted by molar-refractivity contribution is 7.80. The van der Waals surface area contributed by atoms with Crippen molar-refractivity contribution in [3.05, 3.63) is 30.1 Å². The summed E-state index contributed by atoms with van der Waals surface area (Å²) in [4.78, 5) is 9.90. The summed E-state index contributed by atoms with van der Waals surface area (Å²) in [5.41, 5.74) is 6.96. The van der Waals surface area contributed by atoms with Gasteiger partial charge in [-0.2, -0.15) is 4.99 Å². The SMILES string of the molecule is CCN(C)C(N)=NC(=S)NCCc1ccncc1. The topological polar surface area (TPSA) is 66.5 Å². The Balaban J connectivity index is 2.34. The first-order valence-electron chi connectivity index (χ1n) is 5.85. The summed E-state index contributed by atoms with van der Waals surface area (Å²) >= 11 is 5.10. The lowest BCUT2D eigenvalue weighted by atomic mass is 10.2. The molecule has 1 rings (SSSR count). The molecule has 1 heterocycles. The minimum absolute atomic E-state index is 0.418. The summed E-state index contributed by atoms with van der Waals surface area (Å²) in [6, 6.07) is 3.96. The van der Waals surface area contributed by atoms with Gasteiger partial charge in [0.15, 0.2) is 11.1 Å². The molecule has 5 nitrogen and oxygen atoms in total. The molecule has 3 N–H and O–H groups in total. The highest BCUT2D eigenvalue weighted by Crippen LogP contribution is 1.96. The van der Waals surface area contributed by atoms with Crippen LogP contribution in [0.25, 0.3) is 0 Å². The molecule has 0 radical (unpaired) electrons. The number of hydrogen-bond donors (Lipinski definition) is 2. The van der Waals surface area contributed by atoms with E-state index in [4.69, 9.17) is 18.0 Å². The fourth-order valence-electron chi connectivity index (χ4n) is 1.25. The number of aliphatic imine (C=N–C) groups is 1. The van der Waals surface area contributed by atoms with E-state index in [9.17, 15) is 0 Å². The van der Waals surface area contributed by atoms with Crippen molar-refractivity contribution in [2.45, 2.75) is 13.3 Å². The Hall–Kier alpha value is -1.69. The summed E-state index contributed by atoms with van der Waals surface area (Å²) in [6.45, 7) is 3.53. The number of nitrogens with two attached hydrogens (primary N) is 1. The Morgan fingerprint density at radius 1 is 1.50 bits per heavy atom. The van der Waals surface area contributed by atoms with E-state index in [1.54, 1.807) is 12.4 Å². The van der Waals surface area contributed by atoms with Crippen LogP contribution in [0.4, 0.5) is 0 Å². The van der Waals surface area contributed by atoms with E-state index in [0.29, 0.717) is 11.1 Å². The molecule has 0 aromatic carbocycles. The quantitative estimate of drug-likeness (QED) is 0.478. The molecule has 0 aliphatic heterocycles. The molecule has 1 aromatic heterocycles. The van der Waals surface area contributed by atoms with Gasteiger partial charge in [-0.15, -0.1) is 0 Å². The molecule has 0 saturated heterocycles. The maximum Gasteiger partial charge on any atom is 0.198 e. The van der Waals surface area contributed by atoms with Crippen molar-refractivity contribution in [2.24, 2.45) is 10.7 Å². The smallest absolute Gasteiger partial charge is 0.198 e. The first kappa shape index (κ1) is 14.4. The van der Waals surface area contributed by atoms with Gasteiger partial charge in [0.25, 0.3) is 0 Å². The zero-order valence-electron chi connectivity index (χ0n) is 10.8. The monoisotopic (exact) mass is 265 g/mol. The van der Waals surface area contributed by atoms with Crippen molar-refractivity contribution in [3.8, 4) is 0 Å². The van der Waals surface area contributed by atoms with Crippen LogP contribution in [0.2, 0.25) is 0 Å². The second kappa shape index (κ2) is 7.60. The van der Waals surface area contributed by atoms with Gasteiger partial charge in [0, 0.05) is 32.5 Å². The summed E-state index contributed by atoms with van der Waals surface area (Å²) in [5.74, 6) is 0.430. The Bertz CT molecular complexity index is 404. The van der Waals surface area contributed by atoms with Gasteiger partial charge in [0.05, 0.1) is 0 Å². The van der Waals surface area contributed by atoms with Crippen molar-refractivity contribution in [1.29, 1.82) is 0 Å². The fraction of sp³-hybridized carbons (Fsp3) is 0.417. The van der Waals surface area contributed by atoms with E-state index in [1.165, 1.54) is 5.56 Å². The number of hydrogen-bond acceptors (Lipinski definition) is 2. The summed E-state index contributed by atoms with van der Waals surface area (Å²) in [6.07, 6.45) is 4.43. The molecule has 0 spiro atoms. The van der Waals surface area contributed by atoms with Gasteiger partial charge < -0.3 is 16.0 Å². The van der Waals surface area contributed by atoms with E-state index in [0.717, 1.165) is 19.5 Å². The molecule has 98 valence electrons. The van der Waals surface area contributed by atoms with E-state index in [1.807, 2.05) is 31.0 Å². The molecule has 0 aliphatic carbocycles. The van der Waals surface area contributed by atoms with Crippen LogP contribution in [0.5, 0.6) is 0 Å². The number of guanidine groups is 1. The largest absolute Gasteiger partial charge is 0.369 e. The molecule has 18 heavy (non-hydrogen) atoms. The first-order valence-corrected chi connectivity index (χ1v) is 6.26. The molecule has 0 aliphatic rings. The first-order chi connectivity index (χ1) is 8.63. The van der Waals surface area contributed by atoms with Crippen LogP contribution in [0.1, 0.15) is 12.5 Å². The highest BCUT2D eigenvalue weighted by atomic mass is 32.1. The van der Waals surface area contributed by atoms with Crippen LogP contribution in [-0.4, -0.2) is 41.1 Å². The average Bonchev–Trinajstić information content (AvgIpc) is 2.38. The van der Waals surface area contributed by atoms with Crippen molar-refractivity contribution in [2.75, 3.05) is 20.1 Å². The zero-order chi connectivity index (χ0) is 13.4. The number of rotatable bonds is 4. The normalized spacial score (nSPS) is 11.1. The Morgan fingerprint density at radius 3 is 2.78 bits per heavy atom. The second-order valence-corrected chi connectivity index (χ2v) is 4.21. The second-order valence-electron chi connectivity index (χ2n) is 3.82. The van der Waals surface area contributed by atoms with Gasteiger partial charge in [-0.1, -0.05) is 0 Å². The van der Waals surface area contributed by atoms with E-state index in [2.05, 4.69) is 15.3 Å². The third-order valence-corrected chi connectivity index (χ3v) is 2.76. The third kappa shape index (κ3) is 5.09. The van der Waals surface area contributed by atoms with Crippen molar-refractivity contribution >= 4 is 23.3 Å². The Kier molecular flexibility index (Phi) is 6.07. The van der Waals surface area contributed by atoms with Gasteiger partial charge in [0.2, 0.25) is 0 Å². The maximum atomic E-state index is 5.75. The Labute approximate surface area is 113 Å². The van der Waals surface area contributed by atoms with Gasteiger partial charge in [-0.25, -0.2) is 0 Å². The number of nitrogens with zero attached hydrogens (tertiary/aromatic N) is 3. The van der Waals surface area contributed by atoms with Crippen LogP contribution >= 0.6 is 12.2 Å². The lowest BCUT2D eigenvalue weighted by Gasteiger charge is -2.15. The van der Waals surface area contributed by atoms with Crippen LogP contribution < -0.4 is 11.1 Å². The number of aromatic nitrogens is 1. The molecule has 0 unspecified atom stereocenters. The van der Waals surface area contributed by atoms with Crippen molar-refractivity contribution < 1.29 is 0 Å². The molecule has 1 aromatic rings. The van der Waals surface area contributed by atoms with Crippen LogP contribution in [-0.2, 0) is 6.42 Å². The number of thiocarbonyl (C=S) groups is 1. The number of nitrogens with one attached hydrogen (secondary N) is 1. The fourth-order valence-corrected chi connectivity index (χ4v) is 1.45. The van der Waals surface area contributed by atoms with Crippen LogP contribution in [0.3, 0.4) is 0 Å². The number of pyridine rings is 1. The summed E-state index contributed by atoms with van der Waals surface area (Å²) in [5, 5.41) is 3.48. The zero-order valence-corrected chi connectivity index (χ0v) is 11.6. The molecule has 0 atom stereocenters. The molecular formula is C12H19N5S. The lowest BCUT2D eigenvalue weighted by Crippen LogP contribution is -2.36. The molecule has 0 amide bonds. The summed E-state index contributed by atoms with van der Waals surface area (Å²) < 4.78 is 0. The van der Waals surface area contributed by atoms with Gasteiger partial charge >= 0.3 is 0 Å². The highest BCUT2D eigenvalue weighted by Gasteiger charge is 2.00. The predicted octanol–water partition coefficient (Wildman–Crippen LogP) is 0.765. The van der Waals surface area contributed by atoms with E-state index < -0.39 is 0 Å². The standard InChI is InChI=1S/C12H19N5S/c1-3-17(2)11(13)16-12(18)15-9-6-10-4-7-14-8-5-10/h4-5,7-8H,3,6,9H2,1-2H3,(H3,13,15,16,18). The molecule has 0 bridgehead atoms. The lowest BCUT2D eigenvalue weighted by molar-refractivity contribution is 0.530. The van der Waals surface area contributed by atoms with E-state index in [-0.39, 0.29) is 0 Å². The van der Waals surface area contributed by atoms with Crippen LogP contribution in [0, 0.1) is 0 Å². The molecule has 0 fully saturated rings. The third-order valence-electron chi connectivity index (χ3n) is 2.52. The molecule has 0 saturated carbocycles. The van der Waals surface area contributed by atoms with Gasteiger partial charge in [-0.3, -0.25) is 4.98 Å².